The van der Waals surface area contributed by atoms with E-state index in [1.54, 1.807) is 12.1 Å². The molecule has 0 aliphatic heterocycles. The fourth-order valence-electron chi connectivity index (χ4n) is 1.72. The highest BCUT2D eigenvalue weighted by atomic mass is 35.5. The maximum absolute atomic E-state index is 13.7. The number of hydrogen-bond acceptors (Lipinski definition) is 0. The predicted molar refractivity (Wildman–Crippen MR) is 65.2 cm³/mol. The van der Waals surface area contributed by atoms with E-state index in [0.29, 0.717) is 10.6 Å². The average Bonchev–Trinajstić information content (AvgIpc) is 2.23. The Morgan fingerprint density at radius 2 is 1.88 bits per heavy atom. The van der Waals surface area contributed by atoms with E-state index in [0.717, 1.165) is 16.7 Å². The first kappa shape index (κ1) is 11.2. The van der Waals surface area contributed by atoms with Crippen molar-refractivity contribution in [3.05, 3.63) is 58.4 Å². The molecule has 0 unspecified atom stereocenters. The van der Waals surface area contributed by atoms with E-state index in [9.17, 15) is 4.39 Å². The van der Waals surface area contributed by atoms with Gasteiger partial charge in [0.2, 0.25) is 0 Å². The summed E-state index contributed by atoms with van der Waals surface area (Å²) < 4.78 is 13.7. The molecule has 0 atom stereocenters. The fourth-order valence-corrected chi connectivity index (χ4v) is 1.84. The van der Waals surface area contributed by atoms with E-state index >= 15 is 0 Å². The molecule has 1 radical (unpaired) electrons. The molecule has 0 N–H and O–H groups in total. The summed E-state index contributed by atoms with van der Waals surface area (Å²) in [5.74, 6) is -0.318. The molecule has 2 rings (SSSR count). The molecule has 0 fully saturated rings. The molecule has 0 saturated heterocycles. The van der Waals surface area contributed by atoms with Gasteiger partial charge in [-0.15, -0.1) is 0 Å². The van der Waals surface area contributed by atoms with Gasteiger partial charge in [-0.3, -0.25) is 0 Å². The molecule has 0 bridgehead atoms. The van der Waals surface area contributed by atoms with Gasteiger partial charge in [0.15, 0.2) is 0 Å². The van der Waals surface area contributed by atoms with E-state index in [2.05, 4.69) is 6.07 Å². The number of aryl methyl sites for hydroxylation is 2. The highest BCUT2D eigenvalue weighted by Gasteiger charge is 2.09. The van der Waals surface area contributed by atoms with Gasteiger partial charge in [0.1, 0.15) is 5.82 Å². The van der Waals surface area contributed by atoms with Crippen LogP contribution in [0.2, 0.25) is 5.02 Å². The molecular formula is C14H11ClF. The summed E-state index contributed by atoms with van der Waals surface area (Å²) in [5.41, 5.74) is 3.29. The summed E-state index contributed by atoms with van der Waals surface area (Å²) in [4.78, 5) is 0. The van der Waals surface area contributed by atoms with Gasteiger partial charge in [-0.1, -0.05) is 29.8 Å². The summed E-state index contributed by atoms with van der Waals surface area (Å²) >= 11 is 5.95. The smallest absolute Gasteiger partial charge is 0.139 e. The third-order valence-electron chi connectivity index (χ3n) is 2.60. The molecule has 2 heteroatoms. The van der Waals surface area contributed by atoms with Crippen LogP contribution in [0.4, 0.5) is 4.39 Å². The Hall–Kier alpha value is -1.34. The van der Waals surface area contributed by atoms with Gasteiger partial charge in [0, 0.05) is 16.7 Å². The summed E-state index contributed by atoms with van der Waals surface area (Å²) in [6, 6.07) is 11.5. The van der Waals surface area contributed by atoms with Crippen LogP contribution in [-0.4, -0.2) is 0 Å². The van der Waals surface area contributed by atoms with Crippen LogP contribution in [0.1, 0.15) is 11.1 Å². The van der Waals surface area contributed by atoms with E-state index in [4.69, 9.17) is 11.6 Å². The van der Waals surface area contributed by atoms with Crippen LogP contribution in [0.3, 0.4) is 0 Å². The van der Waals surface area contributed by atoms with Gasteiger partial charge in [-0.05, 0) is 42.7 Å². The minimum Gasteiger partial charge on any atom is -0.206 e. The maximum atomic E-state index is 13.7. The number of halogens is 2. The Kier molecular flexibility index (Phi) is 2.97. The SMILES string of the molecule is Cc1cc(-c2c(F)[c]ccc2C)ccc1Cl. The van der Waals surface area contributed by atoms with Crippen LogP contribution in [0.25, 0.3) is 11.1 Å². The zero-order valence-electron chi connectivity index (χ0n) is 9.14. The first-order valence-corrected chi connectivity index (χ1v) is 5.40. The minimum absolute atomic E-state index is 0.318. The second-order valence-corrected chi connectivity index (χ2v) is 4.22. The number of rotatable bonds is 1. The second kappa shape index (κ2) is 4.26. The van der Waals surface area contributed by atoms with Crippen molar-refractivity contribution in [2.45, 2.75) is 13.8 Å². The van der Waals surface area contributed by atoms with Crippen molar-refractivity contribution >= 4 is 11.6 Å². The molecule has 2 aromatic carbocycles. The Bertz CT molecular complexity index is 512. The van der Waals surface area contributed by atoms with Gasteiger partial charge in [0.25, 0.3) is 0 Å². The standard InChI is InChI=1S/C14H11ClF/c1-9-4-3-5-13(16)14(9)11-6-7-12(15)10(2)8-11/h3-4,6-8H,1-2H3. The van der Waals surface area contributed by atoms with Gasteiger partial charge in [-0.25, -0.2) is 4.39 Å². The van der Waals surface area contributed by atoms with Crippen LogP contribution in [0.5, 0.6) is 0 Å². The highest BCUT2D eigenvalue weighted by molar-refractivity contribution is 6.31. The molecule has 0 heterocycles. The highest BCUT2D eigenvalue weighted by Crippen LogP contribution is 2.29. The van der Waals surface area contributed by atoms with E-state index < -0.39 is 0 Å². The summed E-state index contributed by atoms with van der Waals surface area (Å²) in [7, 11) is 0. The lowest BCUT2D eigenvalue weighted by molar-refractivity contribution is 0.628. The van der Waals surface area contributed by atoms with Crippen LogP contribution in [-0.2, 0) is 0 Å². The lowest BCUT2D eigenvalue weighted by Gasteiger charge is -2.08. The van der Waals surface area contributed by atoms with Crippen molar-refractivity contribution in [3.63, 3.8) is 0 Å². The molecule has 81 valence electrons. The monoisotopic (exact) mass is 233 g/mol. The van der Waals surface area contributed by atoms with E-state index in [1.165, 1.54) is 0 Å². The van der Waals surface area contributed by atoms with E-state index in [1.807, 2.05) is 32.0 Å². The molecule has 0 spiro atoms. The Morgan fingerprint density at radius 3 is 2.50 bits per heavy atom. The number of hydrogen-bond donors (Lipinski definition) is 0. The molecule has 0 saturated carbocycles. The van der Waals surface area contributed by atoms with Crippen molar-refractivity contribution in [1.82, 2.24) is 0 Å². The van der Waals surface area contributed by atoms with Crippen LogP contribution < -0.4 is 0 Å². The molecule has 16 heavy (non-hydrogen) atoms. The third kappa shape index (κ3) is 1.96. The predicted octanol–water partition coefficient (Wildman–Crippen LogP) is 4.56. The minimum atomic E-state index is -0.318. The fraction of sp³-hybridized carbons (Fsp3) is 0.143. The van der Waals surface area contributed by atoms with Crippen LogP contribution >= 0.6 is 11.6 Å². The quantitative estimate of drug-likeness (QED) is 0.677. The molecule has 0 nitrogen and oxygen atoms in total. The lowest BCUT2D eigenvalue weighted by Crippen LogP contribution is -1.89. The topological polar surface area (TPSA) is 0 Å². The Morgan fingerprint density at radius 1 is 1.12 bits per heavy atom. The zero-order chi connectivity index (χ0) is 11.7. The molecule has 0 aliphatic carbocycles. The van der Waals surface area contributed by atoms with E-state index in [-0.39, 0.29) is 5.82 Å². The first-order valence-electron chi connectivity index (χ1n) is 5.03. The first-order chi connectivity index (χ1) is 7.59. The summed E-state index contributed by atoms with van der Waals surface area (Å²) in [6.07, 6.45) is 0. The Labute approximate surface area is 99.7 Å². The van der Waals surface area contributed by atoms with Crippen molar-refractivity contribution in [1.29, 1.82) is 0 Å². The summed E-state index contributed by atoms with van der Waals surface area (Å²) in [6.45, 7) is 3.79. The molecule has 0 amide bonds. The zero-order valence-corrected chi connectivity index (χ0v) is 9.90. The van der Waals surface area contributed by atoms with Crippen LogP contribution in [0.15, 0.2) is 30.3 Å². The second-order valence-electron chi connectivity index (χ2n) is 3.81. The van der Waals surface area contributed by atoms with Crippen molar-refractivity contribution in [2.24, 2.45) is 0 Å². The molecule has 0 aliphatic rings. The van der Waals surface area contributed by atoms with Crippen molar-refractivity contribution in [2.75, 3.05) is 0 Å². The number of benzene rings is 2. The van der Waals surface area contributed by atoms with Gasteiger partial charge in [0.05, 0.1) is 0 Å². The Balaban J connectivity index is 2.63. The molecular weight excluding hydrogens is 223 g/mol. The normalized spacial score (nSPS) is 10.5. The van der Waals surface area contributed by atoms with Gasteiger partial charge >= 0.3 is 0 Å². The maximum Gasteiger partial charge on any atom is 0.139 e. The van der Waals surface area contributed by atoms with Crippen molar-refractivity contribution < 1.29 is 4.39 Å². The molecule has 0 aromatic heterocycles. The van der Waals surface area contributed by atoms with Gasteiger partial charge < -0.3 is 0 Å². The lowest BCUT2D eigenvalue weighted by atomic mass is 9.98. The van der Waals surface area contributed by atoms with Crippen LogP contribution in [0, 0.1) is 25.7 Å². The van der Waals surface area contributed by atoms with Gasteiger partial charge in [-0.2, -0.15) is 0 Å². The molecule has 2 aromatic rings. The third-order valence-corrected chi connectivity index (χ3v) is 3.03. The average molecular weight is 234 g/mol. The largest absolute Gasteiger partial charge is 0.206 e. The summed E-state index contributed by atoms with van der Waals surface area (Å²) in [5, 5.41) is 0.696. The van der Waals surface area contributed by atoms with Crippen molar-refractivity contribution in [3.8, 4) is 11.1 Å².